The van der Waals surface area contributed by atoms with Crippen LogP contribution < -0.4 is 0 Å². The maximum atomic E-state index is 11.2. The van der Waals surface area contributed by atoms with Gasteiger partial charge in [-0.05, 0) is 19.9 Å². The number of carbonyl (C=O) groups is 1. The van der Waals surface area contributed by atoms with E-state index in [1.165, 1.54) is 11.8 Å². The highest BCUT2D eigenvalue weighted by atomic mass is 32.2. The third kappa shape index (κ3) is 3.25. The third-order valence-corrected chi connectivity index (χ3v) is 3.31. The van der Waals surface area contributed by atoms with Gasteiger partial charge in [-0.1, -0.05) is 11.8 Å². The number of carboxylic acids is 1. The summed E-state index contributed by atoms with van der Waals surface area (Å²) in [6, 6.07) is 1.73. The zero-order chi connectivity index (χ0) is 13.8. The Hall–Kier alpha value is -2.02. The molecular weight excluding hydrogens is 264 g/mol. The molecule has 0 aliphatic heterocycles. The van der Waals surface area contributed by atoms with Gasteiger partial charge in [0.2, 0.25) is 0 Å². The Labute approximate surface area is 114 Å². The molecule has 2 aromatic heterocycles. The molecule has 0 aliphatic rings. The Morgan fingerprint density at radius 1 is 1.26 bits per heavy atom. The minimum absolute atomic E-state index is 0.145. The number of hydrogen-bond acceptors (Lipinski definition) is 6. The van der Waals surface area contributed by atoms with Crippen molar-refractivity contribution in [2.45, 2.75) is 24.6 Å². The summed E-state index contributed by atoms with van der Waals surface area (Å²) in [6.07, 6.45) is 3.30. The van der Waals surface area contributed by atoms with Gasteiger partial charge in [0.15, 0.2) is 0 Å². The van der Waals surface area contributed by atoms with Crippen LogP contribution in [0.4, 0.5) is 0 Å². The lowest BCUT2D eigenvalue weighted by Gasteiger charge is -2.07. The first-order valence-electron chi connectivity index (χ1n) is 5.55. The molecule has 0 aliphatic carbocycles. The lowest BCUT2D eigenvalue weighted by Crippen LogP contribution is -2.08. The summed E-state index contributed by atoms with van der Waals surface area (Å²) in [5.74, 6) is 0.641. The van der Waals surface area contributed by atoms with Crippen molar-refractivity contribution < 1.29 is 9.90 Å². The van der Waals surface area contributed by atoms with E-state index in [0.29, 0.717) is 28.1 Å². The molecule has 2 aromatic rings. The predicted octanol–water partition coefficient (Wildman–Crippen LogP) is 1.87. The average molecular weight is 276 g/mol. The van der Waals surface area contributed by atoms with Crippen LogP contribution in [0.5, 0.6) is 0 Å². The molecule has 19 heavy (non-hydrogen) atoms. The largest absolute Gasteiger partial charge is 0.478 e. The molecule has 98 valence electrons. The number of carboxylic acid groups (broad SMARTS) is 1. The van der Waals surface area contributed by atoms with Crippen LogP contribution in [-0.4, -0.2) is 31.0 Å². The topological polar surface area (TPSA) is 88.9 Å². The quantitative estimate of drug-likeness (QED) is 0.673. The second-order valence-electron chi connectivity index (χ2n) is 3.80. The molecular formula is C12H12N4O2S. The Morgan fingerprint density at radius 2 is 1.95 bits per heavy atom. The van der Waals surface area contributed by atoms with Crippen LogP contribution in [0, 0.1) is 13.8 Å². The molecule has 1 N–H and O–H groups in total. The number of nitrogens with zero attached hydrogens (tertiary/aromatic N) is 4. The summed E-state index contributed by atoms with van der Waals surface area (Å²) in [7, 11) is 0. The van der Waals surface area contributed by atoms with Crippen LogP contribution in [0.1, 0.15) is 27.7 Å². The normalized spacial score (nSPS) is 10.4. The van der Waals surface area contributed by atoms with Crippen LogP contribution in [0.25, 0.3) is 0 Å². The maximum absolute atomic E-state index is 11.2. The number of hydrogen-bond donors (Lipinski definition) is 1. The monoisotopic (exact) mass is 276 g/mol. The van der Waals surface area contributed by atoms with Crippen molar-refractivity contribution in [2.24, 2.45) is 0 Å². The zero-order valence-electron chi connectivity index (χ0n) is 10.5. The molecule has 0 bridgehead atoms. The molecule has 6 nitrogen and oxygen atoms in total. The maximum Gasteiger partial charge on any atom is 0.340 e. The predicted molar refractivity (Wildman–Crippen MR) is 70.1 cm³/mol. The number of thioether (sulfide) groups is 1. The summed E-state index contributed by atoms with van der Waals surface area (Å²) in [5.41, 5.74) is 0.614. The molecule has 0 amide bonds. The van der Waals surface area contributed by atoms with E-state index in [1.807, 2.05) is 0 Å². The number of aromatic carboxylic acids is 1. The van der Waals surface area contributed by atoms with Crippen molar-refractivity contribution in [1.29, 1.82) is 0 Å². The van der Waals surface area contributed by atoms with Gasteiger partial charge in [-0.2, -0.15) is 0 Å². The molecule has 7 heteroatoms. The minimum Gasteiger partial charge on any atom is -0.478 e. The first-order chi connectivity index (χ1) is 9.08. The van der Waals surface area contributed by atoms with E-state index in [-0.39, 0.29) is 5.56 Å². The van der Waals surface area contributed by atoms with Crippen molar-refractivity contribution in [3.05, 3.63) is 41.4 Å². The highest BCUT2D eigenvalue weighted by Crippen LogP contribution is 2.25. The van der Waals surface area contributed by atoms with Gasteiger partial charge >= 0.3 is 5.97 Å². The third-order valence-electron chi connectivity index (χ3n) is 2.34. The molecule has 0 unspecified atom stereocenters. The van der Waals surface area contributed by atoms with Crippen molar-refractivity contribution in [1.82, 2.24) is 19.9 Å². The molecule has 2 rings (SSSR count). The molecule has 0 spiro atoms. The van der Waals surface area contributed by atoms with Crippen LogP contribution in [0.3, 0.4) is 0 Å². The molecule has 0 aromatic carbocycles. The Bertz CT molecular complexity index is 604. The van der Waals surface area contributed by atoms with Crippen molar-refractivity contribution in [3.63, 3.8) is 0 Å². The van der Waals surface area contributed by atoms with E-state index in [0.717, 1.165) is 0 Å². The van der Waals surface area contributed by atoms with Crippen molar-refractivity contribution in [2.75, 3.05) is 0 Å². The zero-order valence-corrected chi connectivity index (χ0v) is 11.3. The van der Waals surface area contributed by atoms with Gasteiger partial charge in [0, 0.05) is 12.4 Å². The van der Waals surface area contributed by atoms with Crippen LogP contribution >= 0.6 is 11.8 Å². The second kappa shape index (κ2) is 5.75. The highest BCUT2D eigenvalue weighted by molar-refractivity contribution is 7.98. The second-order valence-corrected chi connectivity index (χ2v) is 4.76. The average Bonchev–Trinajstić information content (AvgIpc) is 2.36. The summed E-state index contributed by atoms with van der Waals surface area (Å²) >= 11 is 1.30. The Morgan fingerprint density at radius 3 is 2.58 bits per heavy atom. The summed E-state index contributed by atoms with van der Waals surface area (Å²) in [4.78, 5) is 27.7. The Kier molecular flexibility index (Phi) is 4.06. The van der Waals surface area contributed by atoms with E-state index in [2.05, 4.69) is 19.9 Å². The first-order valence-corrected chi connectivity index (χ1v) is 6.53. The first kappa shape index (κ1) is 13.4. The number of aromatic nitrogens is 4. The lowest BCUT2D eigenvalue weighted by molar-refractivity contribution is 0.0690. The molecule has 0 saturated heterocycles. The Balaban J connectivity index is 2.27. The van der Waals surface area contributed by atoms with E-state index in [4.69, 9.17) is 0 Å². The van der Waals surface area contributed by atoms with Crippen LogP contribution in [-0.2, 0) is 5.75 Å². The van der Waals surface area contributed by atoms with Crippen molar-refractivity contribution in [3.8, 4) is 0 Å². The van der Waals surface area contributed by atoms with Gasteiger partial charge in [0.05, 0.1) is 11.4 Å². The van der Waals surface area contributed by atoms with Gasteiger partial charge < -0.3 is 5.11 Å². The fraction of sp³-hybridized carbons (Fsp3) is 0.250. The molecule has 0 atom stereocenters. The van der Waals surface area contributed by atoms with Gasteiger partial charge in [-0.25, -0.2) is 24.7 Å². The lowest BCUT2D eigenvalue weighted by atomic mass is 10.2. The molecule has 0 fully saturated rings. The standard InChI is InChI=1S/C12H12N4O2S/c1-7-10(12(17)18)11(16-8(2)15-7)19-6-9-13-4-3-5-14-9/h3-5H,6H2,1-2H3,(H,17,18). The van der Waals surface area contributed by atoms with E-state index in [9.17, 15) is 9.90 Å². The van der Waals surface area contributed by atoms with Crippen molar-refractivity contribution >= 4 is 17.7 Å². The van der Waals surface area contributed by atoms with E-state index >= 15 is 0 Å². The van der Waals surface area contributed by atoms with Gasteiger partial charge in [-0.15, -0.1) is 0 Å². The molecule has 2 heterocycles. The summed E-state index contributed by atoms with van der Waals surface area (Å²) in [6.45, 7) is 3.41. The van der Waals surface area contributed by atoms with E-state index < -0.39 is 5.97 Å². The van der Waals surface area contributed by atoms with Gasteiger partial charge in [0.1, 0.15) is 22.2 Å². The molecule has 0 saturated carbocycles. The minimum atomic E-state index is -1.02. The number of aryl methyl sites for hydroxylation is 2. The highest BCUT2D eigenvalue weighted by Gasteiger charge is 2.17. The van der Waals surface area contributed by atoms with Crippen LogP contribution in [0.2, 0.25) is 0 Å². The van der Waals surface area contributed by atoms with Crippen LogP contribution in [0.15, 0.2) is 23.5 Å². The fourth-order valence-corrected chi connectivity index (χ4v) is 2.56. The van der Waals surface area contributed by atoms with E-state index in [1.54, 1.807) is 32.3 Å². The van der Waals surface area contributed by atoms with Gasteiger partial charge in [-0.3, -0.25) is 0 Å². The SMILES string of the molecule is Cc1nc(C)c(C(=O)O)c(SCc2ncccn2)n1. The summed E-state index contributed by atoms with van der Waals surface area (Å²) in [5, 5.41) is 9.66. The molecule has 0 radical (unpaired) electrons. The smallest absolute Gasteiger partial charge is 0.340 e. The fourth-order valence-electron chi connectivity index (χ4n) is 1.57. The van der Waals surface area contributed by atoms with Gasteiger partial charge in [0.25, 0.3) is 0 Å². The summed E-state index contributed by atoms with van der Waals surface area (Å²) < 4.78 is 0. The number of rotatable bonds is 4.